The van der Waals surface area contributed by atoms with Crippen LogP contribution in [0.4, 0.5) is 4.39 Å². The van der Waals surface area contributed by atoms with Gasteiger partial charge >= 0.3 is 0 Å². The molecule has 0 radical (unpaired) electrons. The Bertz CT molecular complexity index is 590. The van der Waals surface area contributed by atoms with Gasteiger partial charge in [-0.1, -0.05) is 29.8 Å². The molecule has 0 spiro atoms. The highest BCUT2D eigenvalue weighted by atomic mass is 35.5. The zero-order chi connectivity index (χ0) is 12.3. The molecule has 0 aliphatic heterocycles. The van der Waals surface area contributed by atoms with Crippen molar-refractivity contribution in [3.05, 3.63) is 52.9 Å². The van der Waals surface area contributed by atoms with Crippen LogP contribution in [0.3, 0.4) is 0 Å². The highest BCUT2D eigenvalue weighted by Gasteiger charge is 2.11. The largest absolute Gasteiger partial charge is 0.236 e. The first-order valence-electron chi connectivity index (χ1n) is 4.99. The fourth-order valence-corrected chi connectivity index (χ4v) is 1.73. The quantitative estimate of drug-likeness (QED) is 0.759. The Balaban J connectivity index is 2.62. The van der Waals surface area contributed by atoms with Crippen LogP contribution in [0.5, 0.6) is 0 Å². The molecule has 1 aromatic heterocycles. The van der Waals surface area contributed by atoms with Crippen LogP contribution in [0.25, 0.3) is 11.3 Å². The van der Waals surface area contributed by atoms with E-state index in [1.165, 1.54) is 6.07 Å². The molecule has 0 saturated heterocycles. The molecule has 0 aliphatic rings. The Morgan fingerprint density at radius 2 is 2.00 bits per heavy atom. The molecule has 2 aromatic rings. The summed E-state index contributed by atoms with van der Waals surface area (Å²) in [6.45, 7) is 0. The molecular formula is C13H8ClFN2. The third-order valence-electron chi connectivity index (χ3n) is 2.34. The summed E-state index contributed by atoms with van der Waals surface area (Å²) in [6, 6.07) is 11.6. The van der Waals surface area contributed by atoms with Crippen molar-refractivity contribution < 1.29 is 4.39 Å². The van der Waals surface area contributed by atoms with Crippen LogP contribution >= 0.6 is 11.6 Å². The lowest BCUT2D eigenvalue weighted by atomic mass is 10.0. The van der Waals surface area contributed by atoms with Crippen LogP contribution < -0.4 is 0 Å². The molecule has 1 aromatic carbocycles. The third-order valence-corrected chi connectivity index (χ3v) is 2.55. The zero-order valence-corrected chi connectivity index (χ0v) is 9.58. The van der Waals surface area contributed by atoms with Crippen molar-refractivity contribution in [2.45, 2.75) is 6.42 Å². The Labute approximate surface area is 103 Å². The van der Waals surface area contributed by atoms with Crippen LogP contribution in [-0.4, -0.2) is 4.98 Å². The maximum atomic E-state index is 13.7. The number of pyridine rings is 1. The van der Waals surface area contributed by atoms with E-state index in [1.807, 2.05) is 6.07 Å². The molecule has 0 fully saturated rings. The number of rotatable bonds is 2. The van der Waals surface area contributed by atoms with Gasteiger partial charge in [-0.15, -0.1) is 0 Å². The van der Waals surface area contributed by atoms with Gasteiger partial charge in [0, 0.05) is 5.56 Å². The van der Waals surface area contributed by atoms with Gasteiger partial charge in [0.15, 0.2) is 0 Å². The number of benzene rings is 1. The van der Waals surface area contributed by atoms with E-state index in [2.05, 4.69) is 4.98 Å². The summed E-state index contributed by atoms with van der Waals surface area (Å²) in [6.07, 6.45) is 0.174. The predicted octanol–water partition coefficient (Wildman–Crippen LogP) is 3.61. The van der Waals surface area contributed by atoms with E-state index < -0.39 is 0 Å². The Kier molecular flexibility index (Phi) is 3.36. The molecule has 17 heavy (non-hydrogen) atoms. The molecule has 1 heterocycles. The lowest BCUT2D eigenvalue weighted by Crippen LogP contribution is -1.95. The fraction of sp³-hybridized carbons (Fsp3) is 0.0769. The van der Waals surface area contributed by atoms with Crippen LogP contribution in [0.1, 0.15) is 5.56 Å². The number of hydrogen-bond donors (Lipinski definition) is 0. The first kappa shape index (κ1) is 11.6. The Morgan fingerprint density at radius 1 is 1.24 bits per heavy atom. The van der Waals surface area contributed by atoms with E-state index in [0.29, 0.717) is 16.8 Å². The highest BCUT2D eigenvalue weighted by molar-refractivity contribution is 6.29. The molecule has 0 saturated carbocycles. The second-order valence-electron chi connectivity index (χ2n) is 3.46. The predicted molar refractivity (Wildman–Crippen MR) is 64.0 cm³/mol. The average Bonchev–Trinajstić information content (AvgIpc) is 2.32. The van der Waals surface area contributed by atoms with Gasteiger partial charge in [-0.25, -0.2) is 9.37 Å². The topological polar surface area (TPSA) is 36.7 Å². The van der Waals surface area contributed by atoms with Gasteiger partial charge in [-0.3, -0.25) is 0 Å². The normalized spacial score (nSPS) is 9.94. The summed E-state index contributed by atoms with van der Waals surface area (Å²) >= 11 is 5.80. The molecule has 2 rings (SSSR count). The van der Waals surface area contributed by atoms with Gasteiger partial charge in [0.25, 0.3) is 0 Å². The van der Waals surface area contributed by atoms with Crippen molar-refractivity contribution in [2.75, 3.05) is 0 Å². The minimum atomic E-state index is -0.374. The maximum absolute atomic E-state index is 13.7. The number of halogens is 2. The lowest BCUT2D eigenvalue weighted by molar-refractivity contribution is 0.630. The first-order valence-corrected chi connectivity index (χ1v) is 5.37. The van der Waals surface area contributed by atoms with E-state index in [0.717, 1.165) is 0 Å². The van der Waals surface area contributed by atoms with Crippen LogP contribution in [-0.2, 0) is 6.42 Å². The van der Waals surface area contributed by atoms with E-state index >= 15 is 0 Å². The molecular weight excluding hydrogens is 239 g/mol. The second kappa shape index (κ2) is 4.94. The SMILES string of the molecule is N#CCc1ccc(Cl)nc1-c1ccccc1F. The molecule has 0 amide bonds. The van der Waals surface area contributed by atoms with E-state index in [-0.39, 0.29) is 17.4 Å². The van der Waals surface area contributed by atoms with Crippen LogP contribution in [0, 0.1) is 17.1 Å². The minimum Gasteiger partial charge on any atom is -0.236 e. The van der Waals surface area contributed by atoms with Crippen molar-refractivity contribution >= 4 is 11.6 Å². The zero-order valence-electron chi connectivity index (χ0n) is 8.82. The summed E-state index contributed by atoms with van der Waals surface area (Å²) in [5.41, 5.74) is 1.46. The van der Waals surface area contributed by atoms with Gasteiger partial charge in [-0.05, 0) is 23.8 Å². The maximum Gasteiger partial charge on any atom is 0.132 e. The van der Waals surface area contributed by atoms with Gasteiger partial charge in [0.1, 0.15) is 11.0 Å². The molecule has 0 bridgehead atoms. The first-order chi connectivity index (χ1) is 8.22. The number of hydrogen-bond acceptors (Lipinski definition) is 2. The Hall–Kier alpha value is -1.92. The average molecular weight is 247 g/mol. The number of nitrogens with zero attached hydrogens (tertiary/aromatic N) is 2. The molecule has 0 unspecified atom stereocenters. The van der Waals surface area contributed by atoms with Crippen molar-refractivity contribution in [1.29, 1.82) is 5.26 Å². The molecule has 2 nitrogen and oxygen atoms in total. The smallest absolute Gasteiger partial charge is 0.132 e. The van der Waals surface area contributed by atoms with Crippen molar-refractivity contribution in [2.24, 2.45) is 0 Å². The fourth-order valence-electron chi connectivity index (χ4n) is 1.58. The van der Waals surface area contributed by atoms with Gasteiger partial charge < -0.3 is 0 Å². The number of nitriles is 1. The third kappa shape index (κ3) is 2.43. The summed E-state index contributed by atoms with van der Waals surface area (Å²) in [5, 5.41) is 9.01. The molecule has 0 N–H and O–H groups in total. The van der Waals surface area contributed by atoms with Gasteiger partial charge in [0.2, 0.25) is 0 Å². The molecule has 0 atom stereocenters. The van der Waals surface area contributed by atoms with E-state index in [9.17, 15) is 4.39 Å². The minimum absolute atomic E-state index is 0.174. The van der Waals surface area contributed by atoms with Crippen molar-refractivity contribution in [1.82, 2.24) is 4.98 Å². The molecule has 4 heteroatoms. The summed E-state index contributed by atoms with van der Waals surface area (Å²) in [4.78, 5) is 4.10. The van der Waals surface area contributed by atoms with E-state index in [1.54, 1.807) is 30.3 Å². The second-order valence-corrected chi connectivity index (χ2v) is 3.84. The Morgan fingerprint density at radius 3 is 2.71 bits per heavy atom. The summed E-state index contributed by atoms with van der Waals surface area (Å²) in [5.74, 6) is -0.374. The van der Waals surface area contributed by atoms with Gasteiger partial charge in [-0.2, -0.15) is 5.26 Å². The van der Waals surface area contributed by atoms with E-state index in [4.69, 9.17) is 16.9 Å². The summed E-state index contributed by atoms with van der Waals surface area (Å²) in [7, 11) is 0. The van der Waals surface area contributed by atoms with Crippen LogP contribution in [0.15, 0.2) is 36.4 Å². The van der Waals surface area contributed by atoms with Crippen molar-refractivity contribution in [3.63, 3.8) is 0 Å². The van der Waals surface area contributed by atoms with Crippen LogP contribution in [0.2, 0.25) is 5.15 Å². The molecule has 0 aliphatic carbocycles. The molecule has 84 valence electrons. The monoisotopic (exact) mass is 246 g/mol. The van der Waals surface area contributed by atoms with Gasteiger partial charge in [0.05, 0.1) is 18.2 Å². The van der Waals surface area contributed by atoms with Crippen molar-refractivity contribution in [3.8, 4) is 17.3 Å². The highest BCUT2D eigenvalue weighted by Crippen LogP contribution is 2.26. The lowest BCUT2D eigenvalue weighted by Gasteiger charge is -2.07. The standard InChI is InChI=1S/C13H8ClFN2/c14-12-6-5-9(7-8-16)13(17-12)10-3-1-2-4-11(10)15/h1-6H,7H2. The summed E-state index contributed by atoms with van der Waals surface area (Å²) < 4.78 is 13.7. The number of aromatic nitrogens is 1.